The van der Waals surface area contributed by atoms with E-state index in [1.807, 2.05) is 36.0 Å². The van der Waals surface area contributed by atoms with E-state index in [9.17, 15) is 0 Å². The van der Waals surface area contributed by atoms with Gasteiger partial charge in [0.15, 0.2) is 0 Å². The Kier molecular flexibility index (Phi) is 4.63. The summed E-state index contributed by atoms with van der Waals surface area (Å²) in [6.07, 6.45) is 4.47. The van der Waals surface area contributed by atoms with Crippen molar-refractivity contribution < 1.29 is 9.15 Å². The van der Waals surface area contributed by atoms with E-state index in [2.05, 4.69) is 27.3 Å². The van der Waals surface area contributed by atoms with Crippen molar-refractivity contribution in [3.8, 4) is 0 Å². The highest BCUT2D eigenvalue weighted by atomic mass is 16.5. The molecule has 1 atom stereocenters. The summed E-state index contributed by atoms with van der Waals surface area (Å²) >= 11 is 0. The van der Waals surface area contributed by atoms with Gasteiger partial charge in [0, 0.05) is 32.1 Å². The van der Waals surface area contributed by atoms with Gasteiger partial charge in [0.1, 0.15) is 5.69 Å². The van der Waals surface area contributed by atoms with Crippen molar-refractivity contribution in [1.82, 2.24) is 19.9 Å². The van der Waals surface area contributed by atoms with Crippen molar-refractivity contribution in [2.75, 3.05) is 13.2 Å². The highest BCUT2D eigenvalue weighted by Crippen LogP contribution is 2.29. The van der Waals surface area contributed by atoms with Crippen LogP contribution in [0.2, 0.25) is 0 Å². The van der Waals surface area contributed by atoms with Crippen LogP contribution in [0.4, 0.5) is 0 Å². The van der Waals surface area contributed by atoms with Gasteiger partial charge in [-0.15, -0.1) is 5.10 Å². The standard InChI is InChI=1S/C19H22N4O2/c1-22-17-7-9-23(11-16-8-10-24-13-16)18(19(17)20-21-22)14-25-12-15-5-3-2-4-6-15/h2-6,8,10,13,18H,7,9,11-12,14H2,1H3/t18-/m0/s1. The molecule has 2 aromatic heterocycles. The van der Waals surface area contributed by atoms with E-state index in [0.29, 0.717) is 13.2 Å². The van der Waals surface area contributed by atoms with E-state index in [-0.39, 0.29) is 6.04 Å². The quantitative estimate of drug-likeness (QED) is 0.692. The molecule has 6 nitrogen and oxygen atoms in total. The third-order valence-electron chi connectivity index (χ3n) is 4.72. The zero-order valence-electron chi connectivity index (χ0n) is 14.3. The van der Waals surface area contributed by atoms with Gasteiger partial charge in [-0.1, -0.05) is 35.5 Å². The lowest BCUT2D eigenvalue weighted by Gasteiger charge is -2.34. The van der Waals surface area contributed by atoms with Crippen LogP contribution in [0.5, 0.6) is 0 Å². The smallest absolute Gasteiger partial charge is 0.105 e. The van der Waals surface area contributed by atoms with E-state index >= 15 is 0 Å². The van der Waals surface area contributed by atoms with Crippen molar-refractivity contribution in [3.05, 3.63) is 71.4 Å². The maximum Gasteiger partial charge on any atom is 0.105 e. The second-order valence-corrected chi connectivity index (χ2v) is 6.41. The third-order valence-corrected chi connectivity index (χ3v) is 4.72. The molecule has 0 N–H and O–H groups in total. The van der Waals surface area contributed by atoms with Gasteiger partial charge in [0.05, 0.1) is 37.5 Å². The Balaban J connectivity index is 1.49. The summed E-state index contributed by atoms with van der Waals surface area (Å²) in [4.78, 5) is 2.40. The number of fused-ring (bicyclic) bond motifs is 1. The minimum atomic E-state index is 0.107. The lowest BCUT2D eigenvalue weighted by atomic mass is 10.0. The number of aryl methyl sites for hydroxylation is 1. The van der Waals surface area contributed by atoms with Crippen LogP contribution < -0.4 is 0 Å². The van der Waals surface area contributed by atoms with Crippen LogP contribution in [0.15, 0.2) is 53.3 Å². The van der Waals surface area contributed by atoms with Crippen LogP contribution in [0.1, 0.15) is 28.6 Å². The van der Waals surface area contributed by atoms with Crippen molar-refractivity contribution in [2.45, 2.75) is 25.6 Å². The number of aromatic nitrogens is 3. The topological polar surface area (TPSA) is 56.3 Å². The van der Waals surface area contributed by atoms with Crippen LogP contribution in [-0.4, -0.2) is 33.0 Å². The summed E-state index contributed by atoms with van der Waals surface area (Å²) in [5, 5.41) is 8.62. The molecule has 1 aliphatic rings. The molecule has 0 amide bonds. The number of benzene rings is 1. The molecule has 0 bridgehead atoms. The van der Waals surface area contributed by atoms with Gasteiger partial charge >= 0.3 is 0 Å². The first-order valence-electron chi connectivity index (χ1n) is 8.56. The molecule has 0 unspecified atom stereocenters. The van der Waals surface area contributed by atoms with Gasteiger partial charge in [-0.25, -0.2) is 0 Å². The number of furan rings is 1. The van der Waals surface area contributed by atoms with Gasteiger partial charge in [0.25, 0.3) is 0 Å². The van der Waals surface area contributed by atoms with Crippen molar-refractivity contribution in [1.29, 1.82) is 0 Å². The van der Waals surface area contributed by atoms with Gasteiger partial charge in [-0.05, 0) is 11.6 Å². The molecule has 0 saturated carbocycles. The molecule has 4 rings (SSSR count). The molecule has 3 heterocycles. The molecule has 0 saturated heterocycles. The molecule has 1 aliphatic heterocycles. The van der Waals surface area contributed by atoms with Crippen molar-refractivity contribution in [2.24, 2.45) is 7.05 Å². The highest BCUT2D eigenvalue weighted by molar-refractivity contribution is 5.20. The summed E-state index contributed by atoms with van der Waals surface area (Å²) in [6, 6.07) is 12.4. The first-order valence-corrected chi connectivity index (χ1v) is 8.56. The second kappa shape index (κ2) is 7.21. The summed E-state index contributed by atoms with van der Waals surface area (Å²) in [6.45, 7) is 2.98. The van der Waals surface area contributed by atoms with Gasteiger partial charge in [0.2, 0.25) is 0 Å². The fourth-order valence-corrected chi connectivity index (χ4v) is 3.37. The first kappa shape index (κ1) is 16.1. The lowest BCUT2D eigenvalue weighted by Crippen LogP contribution is -2.38. The Morgan fingerprint density at radius 3 is 2.88 bits per heavy atom. The van der Waals surface area contributed by atoms with E-state index in [4.69, 9.17) is 9.15 Å². The van der Waals surface area contributed by atoms with E-state index < -0.39 is 0 Å². The fourth-order valence-electron chi connectivity index (χ4n) is 3.37. The average molecular weight is 338 g/mol. The molecule has 6 heteroatoms. The summed E-state index contributed by atoms with van der Waals surface area (Å²) in [5.74, 6) is 0. The van der Waals surface area contributed by atoms with Crippen LogP contribution in [-0.2, 0) is 31.4 Å². The normalized spacial score (nSPS) is 17.6. The van der Waals surface area contributed by atoms with Crippen LogP contribution in [0.25, 0.3) is 0 Å². The predicted octanol–water partition coefficient (Wildman–Crippen LogP) is 2.72. The van der Waals surface area contributed by atoms with E-state index in [1.54, 1.807) is 12.5 Å². The number of hydrogen-bond donors (Lipinski definition) is 0. The Labute approximate surface area is 147 Å². The third kappa shape index (κ3) is 3.50. The Morgan fingerprint density at radius 1 is 1.20 bits per heavy atom. The molecule has 3 aromatic rings. The Hall–Kier alpha value is -2.44. The minimum Gasteiger partial charge on any atom is -0.472 e. The molecule has 25 heavy (non-hydrogen) atoms. The average Bonchev–Trinajstić information content (AvgIpc) is 3.28. The Morgan fingerprint density at radius 2 is 2.08 bits per heavy atom. The molecule has 0 aliphatic carbocycles. The van der Waals surface area contributed by atoms with Gasteiger partial charge in [-0.3, -0.25) is 9.58 Å². The summed E-state index contributed by atoms with van der Waals surface area (Å²) < 4.78 is 13.1. The van der Waals surface area contributed by atoms with Crippen LogP contribution in [0, 0.1) is 0 Å². The fraction of sp³-hybridized carbons (Fsp3) is 0.368. The molecular formula is C19H22N4O2. The lowest BCUT2D eigenvalue weighted by molar-refractivity contribution is 0.0388. The zero-order chi connectivity index (χ0) is 17.1. The zero-order valence-corrected chi connectivity index (χ0v) is 14.3. The maximum atomic E-state index is 6.03. The summed E-state index contributed by atoms with van der Waals surface area (Å²) in [5.41, 5.74) is 4.58. The van der Waals surface area contributed by atoms with Crippen molar-refractivity contribution in [3.63, 3.8) is 0 Å². The summed E-state index contributed by atoms with van der Waals surface area (Å²) in [7, 11) is 1.96. The van der Waals surface area contributed by atoms with E-state index in [0.717, 1.165) is 25.2 Å². The highest BCUT2D eigenvalue weighted by Gasteiger charge is 2.31. The Bertz CT molecular complexity index is 798. The number of rotatable bonds is 6. The number of ether oxygens (including phenoxy) is 1. The molecule has 1 aromatic carbocycles. The molecule has 0 fully saturated rings. The predicted molar refractivity (Wildman–Crippen MR) is 92.7 cm³/mol. The van der Waals surface area contributed by atoms with Crippen molar-refractivity contribution >= 4 is 0 Å². The molecule has 0 spiro atoms. The monoisotopic (exact) mass is 338 g/mol. The molecular weight excluding hydrogens is 316 g/mol. The maximum absolute atomic E-state index is 6.03. The first-order chi connectivity index (χ1) is 12.3. The number of nitrogens with zero attached hydrogens (tertiary/aromatic N) is 4. The largest absolute Gasteiger partial charge is 0.472 e. The van der Waals surface area contributed by atoms with Gasteiger partial charge in [-0.2, -0.15) is 0 Å². The van der Waals surface area contributed by atoms with Crippen LogP contribution >= 0.6 is 0 Å². The SMILES string of the molecule is Cn1nnc2c1CCN(Cc1ccoc1)[C@H]2COCc1ccccc1. The molecule has 0 radical (unpaired) electrons. The van der Waals surface area contributed by atoms with Gasteiger partial charge < -0.3 is 9.15 Å². The second-order valence-electron chi connectivity index (χ2n) is 6.41. The number of hydrogen-bond acceptors (Lipinski definition) is 5. The molecule has 130 valence electrons. The minimum absolute atomic E-state index is 0.107. The van der Waals surface area contributed by atoms with Crippen LogP contribution in [0.3, 0.4) is 0 Å². The van der Waals surface area contributed by atoms with E-state index in [1.165, 1.54) is 16.8 Å².